The van der Waals surface area contributed by atoms with E-state index in [1.54, 1.807) is 12.1 Å². The van der Waals surface area contributed by atoms with Crippen LogP contribution in [-0.2, 0) is 9.53 Å². The highest BCUT2D eigenvalue weighted by molar-refractivity contribution is 5.91. The summed E-state index contributed by atoms with van der Waals surface area (Å²) in [5.74, 6) is -0.340. The molecule has 0 radical (unpaired) electrons. The van der Waals surface area contributed by atoms with Gasteiger partial charge >= 0.3 is 0 Å². The molecule has 0 atom stereocenters. The highest BCUT2D eigenvalue weighted by Gasteiger charge is 2.33. The van der Waals surface area contributed by atoms with E-state index < -0.39 is 5.54 Å². The van der Waals surface area contributed by atoms with Gasteiger partial charge in [-0.15, -0.1) is 0 Å². The van der Waals surface area contributed by atoms with Crippen molar-refractivity contribution in [1.29, 1.82) is 0 Å². The molecule has 2 rings (SSSR count). The molecule has 1 fully saturated rings. The second kappa shape index (κ2) is 7.24. The van der Waals surface area contributed by atoms with Gasteiger partial charge in [0, 0.05) is 26.2 Å². The average molecular weight is 296 g/mol. The zero-order chi connectivity index (χ0) is 15.1. The molecule has 1 aromatic heterocycles. The summed E-state index contributed by atoms with van der Waals surface area (Å²) in [4.78, 5) is 23.5. The number of carbonyl (C=O) groups excluding carboxylic acids is 2. The van der Waals surface area contributed by atoms with Crippen molar-refractivity contribution in [2.24, 2.45) is 0 Å². The number of ether oxygens (including phenoxy) is 1. The summed E-state index contributed by atoms with van der Waals surface area (Å²) in [5.41, 5.74) is -0.597. The third-order valence-corrected chi connectivity index (χ3v) is 3.54. The van der Waals surface area contributed by atoms with Crippen LogP contribution >= 0.6 is 0 Å². The van der Waals surface area contributed by atoms with Gasteiger partial charge in [0.2, 0.25) is 5.91 Å². The summed E-state index contributed by atoms with van der Waals surface area (Å²) < 4.78 is 10.2. The number of hydrogen-bond acceptors (Lipinski definition) is 5. The normalized spacial score (nSPS) is 17.2. The fourth-order valence-electron chi connectivity index (χ4n) is 2.23. The number of furan rings is 1. The third-order valence-electron chi connectivity index (χ3n) is 3.54. The van der Waals surface area contributed by atoms with Gasteiger partial charge in [0.25, 0.3) is 5.91 Å². The van der Waals surface area contributed by atoms with Crippen molar-refractivity contribution < 1.29 is 23.8 Å². The van der Waals surface area contributed by atoms with Crippen LogP contribution in [0.15, 0.2) is 22.8 Å². The van der Waals surface area contributed by atoms with Gasteiger partial charge < -0.3 is 24.9 Å². The van der Waals surface area contributed by atoms with Gasteiger partial charge in [-0.25, -0.2) is 0 Å². The quantitative estimate of drug-likeness (QED) is 0.689. The maximum Gasteiger partial charge on any atom is 0.286 e. The van der Waals surface area contributed by atoms with E-state index in [-0.39, 0.29) is 37.1 Å². The van der Waals surface area contributed by atoms with E-state index in [4.69, 9.17) is 9.15 Å². The standard InChI is InChI=1S/C14H20N2O5/c17-10-14(4-8-20-9-5-14)16-12(18)3-6-15-13(19)11-2-1-7-21-11/h1-2,7,17H,3-6,8-10H2,(H,15,19)(H,16,18). The lowest BCUT2D eigenvalue weighted by atomic mass is 9.91. The average Bonchev–Trinajstić information content (AvgIpc) is 3.02. The van der Waals surface area contributed by atoms with E-state index in [9.17, 15) is 14.7 Å². The lowest BCUT2D eigenvalue weighted by Gasteiger charge is -2.36. The fourth-order valence-corrected chi connectivity index (χ4v) is 2.23. The lowest BCUT2D eigenvalue weighted by molar-refractivity contribution is -0.125. The number of rotatable bonds is 6. The van der Waals surface area contributed by atoms with Crippen LogP contribution in [-0.4, -0.2) is 48.8 Å². The summed E-state index contributed by atoms with van der Waals surface area (Å²) in [6.07, 6.45) is 2.74. The number of amides is 2. The Balaban J connectivity index is 1.73. The van der Waals surface area contributed by atoms with E-state index >= 15 is 0 Å². The molecule has 7 heteroatoms. The van der Waals surface area contributed by atoms with Crippen molar-refractivity contribution in [2.75, 3.05) is 26.4 Å². The summed E-state index contributed by atoms with van der Waals surface area (Å²) in [6, 6.07) is 3.18. The second-order valence-electron chi connectivity index (χ2n) is 5.08. The van der Waals surface area contributed by atoms with E-state index in [0.29, 0.717) is 26.1 Å². The number of nitrogens with one attached hydrogen (secondary N) is 2. The van der Waals surface area contributed by atoms with Crippen molar-refractivity contribution in [3.63, 3.8) is 0 Å². The van der Waals surface area contributed by atoms with E-state index in [0.717, 1.165) is 0 Å². The molecule has 0 bridgehead atoms. The fraction of sp³-hybridized carbons (Fsp3) is 0.571. The minimum absolute atomic E-state index is 0.110. The molecule has 21 heavy (non-hydrogen) atoms. The Morgan fingerprint density at radius 3 is 2.71 bits per heavy atom. The van der Waals surface area contributed by atoms with E-state index in [1.165, 1.54) is 6.26 Å². The molecule has 1 aliphatic heterocycles. The van der Waals surface area contributed by atoms with Crippen LogP contribution in [0.25, 0.3) is 0 Å². The van der Waals surface area contributed by atoms with Gasteiger partial charge in [-0.1, -0.05) is 0 Å². The monoisotopic (exact) mass is 296 g/mol. The Morgan fingerprint density at radius 1 is 1.33 bits per heavy atom. The molecule has 1 aliphatic rings. The lowest BCUT2D eigenvalue weighted by Crippen LogP contribution is -2.54. The molecule has 0 aliphatic carbocycles. The minimum Gasteiger partial charge on any atom is -0.459 e. The van der Waals surface area contributed by atoms with Crippen LogP contribution in [0.2, 0.25) is 0 Å². The van der Waals surface area contributed by atoms with Crippen molar-refractivity contribution in [1.82, 2.24) is 10.6 Å². The van der Waals surface area contributed by atoms with Gasteiger partial charge in [-0.05, 0) is 25.0 Å². The number of carbonyl (C=O) groups is 2. The van der Waals surface area contributed by atoms with Crippen molar-refractivity contribution in [2.45, 2.75) is 24.8 Å². The van der Waals surface area contributed by atoms with Crippen LogP contribution in [0, 0.1) is 0 Å². The molecule has 0 saturated carbocycles. The molecule has 1 aromatic rings. The number of aliphatic hydroxyl groups is 1. The first-order chi connectivity index (χ1) is 10.2. The first-order valence-electron chi connectivity index (χ1n) is 6.96. The van der Waals surface area contributed by atoms with Crippen LogP contribution in [0.3, 0.4) is 0 Å². The summed E-state index contributed by atoms with van der Waals surface area (Å²) in [5, 5.41) is 14.9. The maximum atomic E-state index is 11.9. The van der Waals surface area contributed by atoms with Gasteiger partial charge in [-0.3, -0.25) is 9.59 Å². The zero-order valence-corrected chi connectivity index (χ0v) is 11.8. The maximum absolute atomic E-state index is 11.9. The smallest absolute Gasteiger partial charge is 0.286 e. The van der Waals surface area contributed by atoms with Crippen LogP contribution in [0.5, 0.6) is 0 Å². The van der Waals surface area contributed by atoms with Gasteiger partial charge in [0.15, 0.2) is 5.76 Å². The first-order valence-corrected chi connectivity index (χ1v) is 6.96. The van der Waals surface area contributed by atoms with E-state index in [1.807, 2.05) is 0 Å². The molecule has 1 saturated heterocycles. The Hall–Kier alpha value is -1.86. The molecule has 116 valence electrons. The molecular formula is C14H20N2O5. The topological polar surface area (TPSA) is 101 Å². The van der Waals surface area contributed by atoms with Crippen molar-refractivity contribution in [3.05, 3.63) is 24.2 Å². The van der Waals surface area contributed by atoms with Crippen LogP contribution < -0.4 is 10.6 Å². The highest BCUT2D eigenvalue weighted by atomic mass is 16.5. The predicted molar refractivity (Wildman–Crippen MR) is 73.7 cm³/mol. The number of hydrogen-bond donors (Lipinski definition) is 3. The Morgan fingerprint density at radius 2 is 2.10 bits per heavy atom. The Labute approximate surface area is 122 Å². The molecule has 3 N–H and O–H groups in total. The van der Waals surface area contributed by atoms with E-state index in [2.05, 4.69) is 10.6 Å². The second-order valence-corrected chi connectivity index (χ2v) is 5.08. The van der Waals surface area contributed by atoms with Gasteiger partial charge in [-0.2, -0.15) is 0 Å². The first kappa shape index (κ1) is 15.5. The van der Waals surface area contributed by atoms with Crippen LogP contribution in [0.4, 0.5) is 0 Å². The zero-order valence-electron chi connectivity index (χ0n) is 11.8. The molecule has 7 nitrogen and oxygen atoms in total. The van der Waals surface area contributed by atoms with Crippen molar-refractivity contribution in [3.8, 4) is 0 Å². The third kappa shape index (κ3) is 4.30. The molecule has 0 spiro atoms. The van der Waals surface area contributed by atoms with Crippen LogP contribution in [0.1, 0.15) is 29.8 Å². The summed E-state index contributed by atoms with van der Waals surface area (Å²) >= 11 is 0. The molecule has 2 heterocycles. The number of aliphatic hydroxyl groups excluding tert-OH is 1. The van der Waals surface area contributed by atoms with Gasteiger partial charge in [0.05, 0.1) is 18.4 Å². The Kier molecular flexibility index (Phi) is 5.35. The Bertz CT molecular complexity index is 466. The molecule has 0 unspecified atom stereocenters. The largest absolute Gasteiger partial charge is 0.459 e. The SMILES string of the molecule is O=C(CCNC(=O)c1ccco1)NC1(CO)CCOCC1. The summed E-state index contributed by atoms with van der Waals surface area (Å²) in [6.45, 7) is 1.15. The minimum atomic E-state index is -0.597. The highest BCUT2D eigenvalue weighted by Crippen LogP contribution is 2.20. The molecule has 0 aromatic carbocycles. The predicted octanol–water partition coefficient (Wildman–Crippen LogP) is 0.0572. The molecule has 2 amide bonds. The van der Waals surface area contributed by atoms with Gasteiger partial charge in [0.1, 0.15) is 0 Å². The van der Waals surface area contributed by atoms with Crippen molar-refractivity contribution >= 4 is 11.8 Å². The summed E-state index contributed by atoms with van der Waals surface area (Å²) in [7, 11) is 0. The molecular weight excluding hydrogens is 276 g/mol.